The lowest BCUT2D eigenvalue weighted by atomic mass is 9.94. The Morgan fingerprint density at radius 1 is 1.33 bits per heavy atom. The van der Waals surface area contributed by atoms with Crippen molar-refractivity contribution < 1.29 is 0 Å². The second-order valence-electron chi connectivity index (χ2n) is 2.90. The maximum Gasteiger partial charge on any atom is 0.0376 e. The Balaban J connectivity index is 2.61. The summed E-state index contributed by atoms with van der Waals surface area (Å²) >= 11 is 5.94. The topological polar surface area (TPSA) is 0 Å². The number of halogens is 1. The normalized spacial score (nSPS) is 29.0. The molecule has 1 unspecified atom stereocenters. The first-order valence-electron chi connectivity index (χ1n) is 3.49. The van der Waals surface area contributed by atoms with Crippen LogP contribution in [0, 0.1) is 0 Å². The van der Waals surface area contributed by atoms with Gasteiger partial charge in [-0.05, 0) is 33.1 Å². The highest BCUT2D eigenvalue weighted by Crippen LogP contribution is 2.27. The van der Waals surface area contributed by atoms with Gasteiger partial charge in [-0.25, -0.2) is 0 Å². The Kier molecular flexibility index (Phi) is 2.18. The van der Waals surface area contributed by atoms with Crippen LogP contribution in [0.5, 0.6) is 0 Å². The van der Waals surface area contributed by atoms with E-state index in [4.69, 9.17) is 11.6 Å². The van der Waals surface area contributed by atoms with Gasteiger partial charge in [-0.3, -0.25) is 0 Å². The minimum absolute atomic E-state index is 0.411. The van der Waals surface area contributed by atoms with Crippen molar-refractivity contribution in [2.24, 2.45) is 0 Å². The molecule has 0 spiro atoms. The van der Waals surface area contributed by atoms with E-state index < -0.39 is 0 Å². The molecule has 9 heavy (non-hydrogen) atoms. The summed E-state index contributed by atoms with van der Waals surface area (Å²) in [7, 11) is 0. The number of allylic oxidation sites excluding steroid dienone is 2. The third kappa shape index (κ3) is 1.72. The molecule has 0 aliphatic heterocycles. The van der Waals surface area contributed by atoms with Crippen molar-refractivity contribution in [2.45, 2.75) is 38.5 Å². The molecule has 1 atom stereocenters. The van der Waals surface area contributed by atoms with Crippen LogP contribution in [0.1, 0.15) is 33.1 Å². The summed E-state index contributed by atoms with van der Waals surface area (Å²) < 4.78 is 0. The zero-order valence-electron chi connectivity index (χ0n) is 6.08. The first kappa shape index (κ1) is 7.14. The fourth-order valence-electron chi connectivity index (χ4n) is 1.20. The molecule has 0 heterocycles. The summed E-state index contributed by atoms with van der Waals surface area (Å²) in [5.74, 6) is 0. The minimum atomic E-state index is 0.411. The molecule has 1 aliphatic carbocycles. The van der Waals surface area contributed by atoms with Gasteiger partial charge in [0.2, 0.25) is 0 Å². The molecule has 1 rings (SSSR count). The van der Waals surface area contributed by atoms with Crippen molar-refractivity contribution in [3.05, 3.63) is 11.1 Å². The van der Waals surface area contributed by atoms with Gasteiger partial charge in [0.05, 0.1) is 0 Å². The third-order valence-corrected chi connectivity index (χ3v) is 2.46. The molecule has 1 aliphatic rings. The standard InChI is InChI=1S/C8H13Cl/c1-6-3-4-8(9)5-7(6)2/h8H,3-5H2,1-2H3. The van der Waals surface area contributed by atoms with Gasteiger partial charge >= 0.3 is 0 Å². The Morgan fingerprint density at radius 2 is 2.00 bits per heavy atom. The molecule has 0 saturated heterocycles. The van der Waals surface area contributed by atoms with Crippen molar-refractivity contribution in [3.8, 4) is 0 Å². The maximum absolute atomic E-state index is 5.94. The second kappa shape index (κ2) is 2.74. The summed E-state index contributed by atoms with van der Waals surface area (Å²) in [4.78, 5) is 0. The van der Waals surface area contributed by atoms with Crippen LogP contribution < -0.4 is 0 Å². The summed E-state index contributed by atoms with van der Waals surface area (Å²) in [5.41, 5.74) is 3.05. The van der Waals surface area contributed by atoms with Crippen molar-refractivity contribution >= 4 is 11.6 Å². The van der Waals surface area contributed by atoms with E-state index in [-0.39, 0.29) is 0 Å². The van der Waals surface area contributed by atoms with E-state index in [0.717, 1.165) is 6.42 Å². The van der Waals surface area contributed by atoms with E-state index in [0.29, 0.717) is 5.38 Å². The molecule has 0 fully saturated rings. The predicted octanol–water partition coefficient (Wildman–Crippen LogP) is 3.11. The van der Waals surface area contributed by atoms with Gasteiger partial charge in [-0.1, -0.05) is 11.1 Å². The number of hydrogen-bond acceptors (Lipinski definition) is 0. The minimum Gasteiger partial charge on any atom is -0.123 e. The first-order valence-corrected chi connectivity index (χ1v) is 3.93. The van der Waals surface area contributed by atoms with Crippen LogP contribution in [0.25, 0.3) is 0 Å². The SMILES string of the molecule is CC1=C(C)CC(Cl)CC1. The molecule has 0 aromatic heterocycles. The Morgan fingerprint density at radius 3 is 2.44 bits per heavy atom. The van der Waals surface area contributed by atoms with Gasteiger partial charge in [-0.2, -0.15) is 0 Å². The Hall–Kier alpha value is 0.0300. The largest absolute Gasteiger partial charge is 0.123 e. The van der Waals surface area contributed by atoms with Gasteiger partial charge < -0.3 is 0 Å². The van der Waals surface area contributed by atoms with Gasteiger partial charge in [0.25, 0.3) is 0 Å². The monoisotopic (exact) mass is 144 g/mol. The van der Waals surface area contributed by atoms with E-state index in [2.05, 4.69) is 13.8 Å². The third-order valence-electron chi connectivity index (χ3n) is 2.09. The molecule has 0 nitrogen and oxygen atoms in total. The van der Waals surface area contributed by atoms with Crippen LogP contribution in [0.3, 0.4) is 0 Å². The lowest BCUT2D eigenvalue weighted by molar-refractivity contribution is 0.681. The first-order chi connectivity index (χ1) is 4.20. The number of hydrogen-bond donors (Lipinski definition) is 0. The van der Waals surface area contributed by atoms with Gasteiger partial charge in [0.15, 0.2) is 0 Å². The highest BCUT2D eigenvalue weighted by atomic mass is 35.5. The molecule has 0 aromatic carbocycles. The molecule has 0 amide bonds. The van der Waals surface area contributed by atoms with Crippen molar-refractivity contribution in [2.75, 3.05) is 0 Å². The Labute approximate surface area is 61.9 Å². The van der Waals surface area contributed by atoms with Gasteiger partial charge in [-0.15, -0.1) is 11.6 Å². The van der Waals surface area contributed by atoms with Gasteiger partial charge in [0.1, 0.15) is 0 Å². The zero-order chi connectivity index (χ0) is 6.85. The quantitative estimate of drug-likeness (QED) is 0.362. The second-order valence-corrected chi connectivity index (χ2v) is 3.52. The smallest absolute Gasteiger partial charge is 0.0376 e. The average molecular weight is 145 g/mol. The van der Waals surface area contributed by atoms with E-state index >= 15 is 0 Å². The van der Waals surface area contributed by atoms with Crippen LogP contribution >= 0.6 is 11.6 Å². The van der Waals surface area contributed by atoms with Crippen LogP contribution in [-0.2, 0) is 0 Å². The highest BCUT2D eigenvalue weighted by molar-refractivity contribution is 6.20. The average Bonchev–Trinajstić information content (AvgIpc) is 1.80. The van der Waals surface area contributed by atoms with Crippen molar-refractivity contribution in [3.63, 3.8) is 0 Å². The van der Waals surface area contributed by atoms with Crippen LogP contribution in [0.15, 0.2) is 11.1 Å². The lowest BCUT2D eigenvalue weighted by Gasteiger charge is -2.18. The molecule has 0 aromatic rings. The molecule has 0 radical (unpaired) electrons. The molecular weight excluding hydrogens is 132 g/mol. The van der Waals surface area contributed by atoms with E-state index in [9.17, 15) is 0 Å². The number of rotatable bonds is 0. The molecule has 0 bridgehead atoms. The summed E-state index contributed by atoms with van der Waals surface area (Å²) in [5, 5.41) is 0.411. The summed E-state index contributed by atoms with van der Waals surface area (Å²) in [6, 6.07) is 0. The van der Waals surface area contributed by atoms with Crippen molar-refractivity contribution in [1.82, 2.24) is 0 Å². The molecule has 0 saturated carbocycles. The Bertz CT molecular complexity index is 136. The molecule has 52 valence electrons. The predicted molar refractivity (Wildman–Crippen MR) is 41.9 cm³/mol. The number of alkyl halides is 1. The fourth-order valence-corrected chi connectivity index (χ4v) is 1.54. The van der Waals surface area contributed by atoms with E-state index in [1.807, 2.05) is 0 Å². The van der Waals surface area contributed by atoms with Gasteiger partial charge in [0, 0.05) is 5.38 Å². The van der Waals surface area contributed by atoms with Crippen molar-refractivity contribution in [1.29, 1.82) is 0 Å². The van der Waals surface area contributed by atoms with Crippen LogP contribution in [-0.4, -0.2) is 5.38 Å². The van der Waals surface area contributed by atoms with E-state index in [1.54, 1.807) is 5.57 Å². The molecule has 1 heteroatoms. The van der Waals surface area contributed by atoms with E-state index in [1.165, 1.54) is 18.4 Å². The zero-order valence-corrected chi connectivity index (χ0v) is 6.83. The summed E-state index contributed by atoms with van der Waals surface area (Å²) in [6.07, 6.45) is 3.48. The highest BCUT2D eigenvalue weighted by Gasteiger charge is 2.12. The van der Waals surface area contributed by atoms with Crippen LogP contribution in [0.2, 0.25) is 0 Å². The molecular formula is C8H13Cl. The fraction of sp³-hybridized carbons (Fsp3) is 0.750. The molecule has 0 N–H and O–H groups in total. The van der Waals surface area contributed by atoms with Crippen LogP contribution in [0.4, 0.5) is 0 Å². The maximum atomic E-state index is 5.94. The lowest BCUT2D eigenvalue weighted by Crippen LogP contribution is -2.06. The summed E-state index contributed by atoms with van der Waals surface area (Å²) in [6.45, 7) is 4.39.